The molecule has 0 aromatic carbocycles. The number of nitrogens with zero attached hydrogens (tertiary/aromatic N) is 3. The van der Waals surface area contributed by atoms with Crippen LogP contribution in [-0.4, -0.2) is 33.1 Å². The second kappa shape index (κ2) is 6.26. The van der Waals surface area contributed by atoms with Crippen molar-refractivity contribution in [3.63, 3.8) is 0 Å². The summed E-state index contributed by atoms with van der Waals surface area (Å²) in [6.07, 6.45) is 7.02. The molecule has 1 saturated heterocycles. The van der Waals surface area contributed by atoms with Gasteiger partial charge >= 0.3 is 0 Å². The van der Waals surface area contributed by atoms with E-state index >= 15 is 0 Å². The van der Waals surface area contributed by atoms with Gasteiger partial charge in [-0.15, -0.1) is 0 Å². The van der Waals surface area contributed by atoms with E-state index in [9.17, 15) is 5.11 Å². The smallest absolute Gasteiger partial charge is 0.115 e. The van der Waals surface area contributed by atoms with Gasteiger partial charge in [-0.2, -0.15) is 0 Å². The van der Waals surface area contributed by atoms with Crippen molar-refractivity contribution in [2.24, 2.45) is 11.8 Å². The number of piperidine rings is 1. The number of aliphatic hydroxyl groups is 1. The van der Waals surface area contributed by atoms with Gasteiger partial charge in [0.05, 0.1) is 11.4 Å². The third-order valence-electron chi connectivity index (χ3n) is 5.81. The van der Waals surface area contributed by atoms with E-state index in [1.165, 1.54) is 6.42 Å². The number of aromatic nitrogens is 2. The minimum atomic E-state index is -0.774. The van der Waals surface area contributed by atoms with Crippen molar-refractivity contribution < 1.29 is 5.11 Å². The lowest BCUT2D eigenvalue weighted by Crippen LogP contribution is -2.58. The number of rotatable bonds is 3. The highest BCUT2D eigenvalue weighted by Gasteiger charge is 2.52. The molecule has 0 amide bonds. The fourth-order valence-corrected chi connectivity index (χ4v) is 4.68. The Morgan fingerprint density at radius 3 is 2.50 bits per heavy atom. The summed E-state index contributed by atoms with van der Waals surface area (Å²) in [6, 6.07) is 10.1. The van der Waals surface area contributed by atoms with E-state index in [-0.39, 0.29) is 11.8 Å². The SMILES string of the molecule is Cc1cccnc1C1(O)C2CCCC1CN(Cc1ccccn1)C2. The summed E-state index contributed by atoms with van der Waals surface area (Å²) in [5.41, 5.74) is 2.34. The molecule has 2 aromatic rings. The molecule has 1 aliphatic carbocycles. The molecule has 4 heteroatoms. The van der Waals surface area contributed by atoms with Crippen LogP contribution < -0.4 is 0 Å². The van der Waals surface area contributed by atoms with Crippen LogP contribution in [0.2, 0.25) is 0 Å². The fraction of sp³-hybridized carbons (Fsp3) is 0.500. The summed E-state index contributed by atoms with van der Waals surface area (Å²) in [4.78, 5) is 11.5. The Kier molecular flexibility index (Phi) is 4.10. The zero-order valence-electron chi connectivity index (χ0n) is 14.2. The second-order valence-electron chi connectivity index (χ2n) is 7.33. The molecule has 3 heterocycles. The Balaban J connectivity index is 1.60. The summed E-state index contributed by atoms with van der Waals surface area (Å²) in [7, 11) is 0. The molecule has 126 valence electrons. The normalized spacial score (nSPS) is 30.2. The number of aryl methyl sites for hydroxylation is 1. The van der Waals surface area contributed by atoms with Crippen LogP contribution >= 0.6 is 0 Å². The number of likely N-dealkylation sites (tertiary alicyclic amines) is 1. The van der Waals surface area contributed by atoms with Crippen molar-refractivity contribution in [1.29, 1.82) is 0 Å². The number of pyridine rings is 2. The molecular formula is C20H25N3O. The van der Waals surface area contributed by atoms with Crippen LogP contribution in [0.25, 0.3) is 0 Å². The maximum atomic E-state index is 11.7. The van der Waals surface area contributed by atoms with Gasteiger partial charge < -0.3 is 5.11 Å². The molecule has 0 radical (unpaired) electrons. The first kappa shape index (κ1) is 15.7. The van der Waals surface area contributed by atoms with Crippen LogP contribution in [-0.2, 0) is 12.1 Å². The summed E-state index contributed by atoms with van der Waals surface area (Å²) >= 11 is 0. The predicted molar refractivity (Wildman–Crippen MR) is 93.2 cm³/mol. The number of hydrogen-bond acceptors (Lipinski definition) is 4. The van der Waals surface area contributed by atoms with Crippen LogP contribution in [0.1, 0.15) is 36.2 Å². The Labute approximate surface area is 143 Å². The van der Waals surface area contributed by atoms with Crippen LogP contribution in [0, 0.1) is 18.8 Å². The average molecular weight is 323 g/mol. The number of hydrogen-bond donors (Lipinski definition) is 1. The zero-order valence-corrected chi connectivity index (χ0v) is 14.2. The average Bonchev–Trinajstić information content (AvgIpc) is 2.57. The lowest BCUT2D eigenvalue weighted by atomic mass is 9.63. The molecule has 4 rings (SSSR count). The Morgan fingerprint density at radius 1 is 1.08 bits per heavy atom. The molecule has 4 nitrogen and oxygen atoms in total. The highest BCUT2D eigenvalue weighted by Crippen LogP contribution is 2.49. The Hall–Kier alpha value is -1.78. The third-order valence-corrected chi connectivity index (χ3v) is 5.81. The van der Waals surface area contributed by atoms with E-state index in [1.54, 1.807) is 0 Å². The minimum Gasteiger partial charge on any atom is -0.383 e. The van der Waals surface area contributed by atoms with Gasteiger partial charge in [0.25, 0.3) is 0 Å². The van der Waals surface area contributed by atoms with Crippen LogP contribution in [0.4, 0.5) is 0 Å². The maximum absolute atomic E-state index is 11.7. The molecule has 2 bridgehead atoms. The highest BCUT2D eigenvalue weighted by atomic mass is 16.3. The van der Waals surface area contributed by atoms with E-state index < -0.39 is 5.60 Å². The summed E-state index contributed by atoms with van der Waals surface area (Å²) in [6.45, 7) is 4.76. The van der Waals surface area contributed by atoms with Crippen LogP contribution in [0.5, 0.6) is 0 Å². The molecule has 24 heavy (non-hydrogen) atoms. The first-order chi connectivity index (χ1) is 11.7. The first-order valence-electron chi connectivity index (χ1n) is 8.94. The largest absolute Gasteiger partial charge is 0.383 e. The van der Waals surface area contributed by atoms with Crippen molar-refractivity contribution in [3.8, 4) is 0 Å². The van der Waals surface area contributed by atoms with Gasteiger partial charge in [0.2, 0.25) is 0 Å². The van der Waals surface area contributed by atoms with E-state index in [0.29, 0.717) is 0 Å². The Morgan fingerprint density at radius 2 is 1.83 bits per heavy atom. The maximum Gasteiger partial charge on any atom is 0.115 e. The van der Waals surface area contributed by atoms with Gasteiger partial charge in [-0.3, -0.25) is 14.9 Å². The third kappa shape index (κ3) is 2.64. The van der Waals surface area contributed by atoms with Crippen molar-refractivity contribution in [1.82, 2.24) is 14.9 Å². The molecule has 2 atom stereocenters. The molecule has 1 aliphatic heterocycles. The van der Waals surface area contributed by atoms with Crippen molar-refractivity contribution in [3.05, 3.63) is 59.7 Å². The quantitative estimate of drug-likeness (QED) is 0.943. The van der Waals surface area contributed by atoms with Crippen molar-refractivity contribution >= 4 is 0 Å². The molecule has 2 fully saturated rings. The summed E-state index contributed by atoms with van der Waals surface area (Å²) in [5, 5.41) is 11.7. The van der Waals surface area contributed by atoms with Gasteiger partial charge in [-0.05, 0) is 43.5 Å². The molecule has 2 unspecified atom stereocenters. The zero-order chi connectivity index (χ0) is 16.6. The van der Waals surface area contributed by atoms with Gasteiger partial charge in [0, 0.05) is 43.9 Å². The molecule has 1 N–H and O–H groups in total. The molecule has 2 aliphatic rings. The van der Waals surface area contributed by atoms with E-state index in [0.717, 1.165) is 49.4 Å². The summed E-state index contributed by atoms with van der Waals surface area (Å²) in [5.74, 6) is 0.504. The minimum absolute atomic E-state index is 0.252. The van der Waals surface area contributed by atoms with Gasteiger partial charge in [-0.1, -0.05) is 18.6 Å². The monoisotopic (exact) mass is 323 g/mol. The first-order valence-corrected chi connectivity index (χ1v) is 8.94. The van der Waals surface area contributed by atoms with E-state index in [1.807, 2.05) is 30.6 Å². The van der Waals surface area contributed by atoms with Gasteiger partial charge in [0.15, 0.2) is 0 Å². The van der Waals surface area contributed by atoms with Gasteiger partial charge in [-0.25, -0.2) is 0 Å². The van der Waals surface area contributed by atoms with E-state index in [2.05, 4.69) is 33.9 Å². The predicted octanol–water partition coefficient (Wildman–Crippen LogP) is 2.90. The highest BCUT2D eigenvalue weighted by molar-refractivity contribution is 5.28. The molecule has 1 saturated carbocycles. The van der Waals surface area contributed by atoms with Gasteiger partial charge in [0.1, 0.15) is 5.60 Å². The number of fused-ring (bicyclic) bond motifs is 2. The Bertz CT molecular complexity index is 689. The second-order valence-corrected chi connectivity index (χ2v) is 7.33. The fourth-order valence-electron chi connectivity index (χ4n) is 4.68. The van der Waals surface area contributed by atoms with Crippen LogP contribution in [0.3, 0.4) is 0 Å². The molecular weight excluding hydrogens is 298 g/mol. The standard InChI is InChI=1S/C20H25N3O/c1-15-6-5-11-22-19(15)20(24)16-7-4-8-17(20)13-23(12-16)14-18-9-2-3-10-21-18/h2-3,5-6,9-11,16-17,24H,4,7-8,12-14H2,1H3. The summed E-state index contributed by atoms with van der Waals surface area (Å²) < 4.78 is 0. The topological polar surface area (TPSA) is 49.3 Å². The molecule has 2 aromatic heterocycles. The van der Waals surface area contributed by atoms with Crippen molar-refractivity contribution in [2.75, 3.05) is 13.1 Å². The van der Waals surface area contributed by atoms with E-state index in [4.69, 9.17) is 0 Å². The van der Waals surface area contributed by atoms with Crippen molar-refractivity contribution in [2.45, 2.75) is 38.3 Å². The van der Waals surface area contributed by atoms with Crippen LogP contribution in [0.15, 0.2) is 42.7 Å². The lowest BCUT2D eigenvalue weighted by molar-refractivity contribution is -0.151. The molecule has 0 spiro atoms. The lowest BCUT2D eigenvalue weighted by Gasteiger charge is -2.53.